The van der Waals surface area contributed by atoms with Crippen molar-refractivity contribution in [2.45, 2.75) is 19.9 Å². The van der Waals surface area contributed by atoms with Crippen molar-refractivity contribution in [3.63, 3.8) is 0 Å². The third kappa shape index (κ3) is 3.97. The predicted octanol–water partition coefficient (Wildman–Crippen LogP) is 4.57. The maximum Gasteiger partial charge on any atom is 0.301 e. The summed E-state index contributed by atoms with van der Waals surface area (Å²) >= 11 is 1.25. The van der Waals surface area contributed by atoms with Crippen LogP contribution in [0.5, 0.6) is 11.5 Å². The second-order valence-corrected chi connectivity index (χ2v) is 7.82. The van der Waals surface area contributed by atoms with E-state index in [-0.39, 0.29) is 11.3 Å². The van der Waals surface area contributed by atoms with Crippen molar-refractivity contribution >= 4 is 33.9 Å². The highest BCUT2D eigenvalue weighted by atomic mass is 32.1. The summed E-state index contributed by atoms with van der Waals surface area (Å²) in [7, 11) is 0. The van der Waals surface area contributed by atoms with E-state index >= 15 is 0 Å². The van der Waals surface area contributed by atoms with Crippen LogP contribution >= 0.6 is 11.3 Å². The summed E-state index contributed by atoms with van der Waals surface area (Å²) < 4.78 is 11.0. The average molecular weight is 451 g/mol. The first-order chi connectivity index (χ1) is 15.5. The van der Waals surface area contributed by atoms with Gasteiger partial charge in [0.15, 0.2) is 5.13 Å². The third-order valence-corrected chi connectivity index (χ3v) is 5.77. The van der Waals surface area contributed by atoms with Crippen LogP contribution in [-0.4, -0.2) is 35.0 Å². The van der Waals surface area contributed by atoms with E-state index in [1.54, 1.807) is 60.1 Å². The molecule has 0 bridgehead atoms. The number of carbonyl (C=O) groups excluding carboxylic acids is 2. The van der Waals surface area contributed by atoms with E-state index < -0.39 is 17.7 Å². The van der Waals surface area contributed by atoms with Gasteiger partial charge in [0.25, 0.3) is 5.78 Å². The third-order valence-electron chi connectivity index (χ3n) is 5.00. The molecule has 0 aliphatic carbocycles. The number of carbonyl (C=O) groups is 2. The molecule has 1 fully saturated rings. The summed E-state index contributed by atoms with van der Waals surface area (Å²) in [4.78, 5) is 31.7. The smallest absolute Gasteiger partial charge is 0.301 e. The van der Waals surface area contributed by atoms with Crippen LogP contribution in [0, 0.1) is 0 Å². The molecule has 1 aliphatic rings. The Kier molecular flexibility index (Phi) is 6.23. The van der Waals surface area contributed by atoms with Crippen LogP contribution in [0.25, 0.3) is 5.76 Å². The summed E-state index contributed by atoms with van der Waals surface area (Å²) in [5.74, 6) is -0.530. The lowest BCUT2D eigenvalue weighted by Crippen LogP contribution is -2.29. The summed E-state index contributed by atoms with van der Waals surface area (Å²) in [5, 5.41) is 13.3. The van der Waals surface area contributed by atoms with Crippen molar-refractivity contribution in [2.75, 3.05) is 18.1 Å². The Labute approximate surface area is 189 Å². The van der Waals surface area contributed by atoms with Gasteiger partial charge >= 0.3 is 5.91 Å². The Morgan fingerprint density at radius 1 is 1.06 bits per heavy atom. The normalized spacial score (nSPS) is 17.6. The Hall–Kier alpha value is -3.65. The lowest BCUT2D eigenvalue weighted by Gasteiger charge is -2.23. The fraction of sp³-hybridized carbons (Fsp3) is 0.208. The minimum atomic E-state index is -0.826. The van der Waals surface area contributed by atoms with Gasteiger partial charge in [-0.2, -0.15) is 0 Å². The van der Waals surface area contributed by atoms with Crippen molar-refractivity contribution in [3.05, 3.63) is 76.8 Å². The Morgan fingerprint density at radius 3 is 2.44 bits per heavy atom. The van der Waals surface area contributed by atoms with E-state index in [0.29, 0.717) is 41.0 Å². The molecule has 1 saturated heterocycles. The number of Topliss-reactive ketones (excluding diaryl/α,β-unsaturated/α-hetero) is 1. The molecule has 3 aromatic rings. The number of ketones is 1. The number of hydrogen-bond acceptors (Lipinski definition) is 7. The Balaban J connectivity index is 1.87. The van der Waals surface area contributed by atoms with Crippen LogP contribution in [0.2, 0.25) is 0 Å². The number of aromatic nitrogens is 1. The molecular formula is C24H22N2O5S. The van der Waals surface area contributed by atoms with E-state index in [1.165, 1.54) is 16.2 Å². The number of anilines is 1. The van der Waals surface area contributed by atoms with Crippen molar-refractivity contribution < 1.29 is 24.2 Å². The van der Waals surface area contributed by atoms with E-state index in [9.17, 15) is 14.7 Å². The van der Waals surface area contributed by atoms with Gasteiger partial charge in [0, 0.05) is 17.1 Å². The first-order valence-corrected chi connectivity index (χ1v) is 11.1. The van der Waals surface area contributed by atoms with Crippen LogP contribution < -0.4 is 14.4 Å². The molecular weight excluding hydrogens is 428 g/mol. The molecule has 1 unspecified atom stereocenters. The molecule has 2 aromatic carbocycles. The molecule has 164 valence electrons. The molecule has 4 rings (SSSR count). The van der Waals surface area contributed by atoms with Gasteiger partial charge in [-0.05, 0) is 43.7 Å². The summed E-state index contributed by atoms with van der Waals surface area (Å²) in [5.41, 5.74) is 1.05. The van der Waals surface area contributed by atoms with Gasteiger partial charge in [-0.15, -0.1) is 11.3 Å². The summed E-state index contributed by atoms with van der Waals surface area (Å²) in [6.07, 6.45) is 1.57. The van der Waals surface area contributed by atoms with Crippen molar-refractivity contribution in [3.8, 4) is 11.5 Å². The van der Waals surface area contributed by atoms with Crippen molar-refractivity contribution in [1.82, 2.24) is 4.98 Å². The summed E-state index contributed by atoms with van der Waals surface area (Å²) in [6.45, 7) is 4.73. The Morgan fingerprint density at radius 2 is 1.78 bits per heavy atom. The zero-order valence-corrected chi connectivity index (χ0v) is 18.5. The highest BCUT2D eigenvalue weighted by molar-refractivity contribution is 7.14. The van der Waals surface area contributed by atoms with E-state index in [4.69, 9.17) is 9.47 Å². The van der Waals surface area contributed by atoms with Gasteiger partial charge in [0.1, 0.15) is 17.3 Å². The number of rotatable bonds is 7. The molecule has 1 aliphatic heterocycles. The van der Waals surface area contributed by atoms with Crippen LogP contribution in [0.1, 0.15) is 31.0 Å². The maximum absolute atomic E-state index is 13.1. The minimum Gasteiger partial charge on any atom is -0.507 e. The van der Waals surface area contributed by atoms with E-state index in [0.717, 1.165) is 0 Å². The Bertz CT molecular complexity index is 1160. The van der Waals surface area contributed by atoms with Gasteiger partial charge < -0.3 is 14.6 Å². The predicted molar refractivity (Wildman–Crippen MR) is 122 cm³/mol. The first-order valence-electron chi connectivity index (χ1n) is 10.2. The molecule has 32 heavy (non-hydrogen) atoms. The number of hydrogen-bond donors (Lipinski definition) is 1. The molecule has 1 N–H and O–H groups in total. The molecule has 7 nitrogen and oxygen atoms in total. The lowest BCUT2D eigenvalue weighted by molar-refractivity contribution is -0.132. The minimum absolute atomic E-state index is 0.00279. The van der Waals surface area contributed by atoms with Gasteiger partial charge in [-0.25, -0.2) is 4.98 Å². The standard InChI is InChI=1S/C24H22N2O5S/c1-3-30-17-10-8-15(9-11-17)20-19(21(27)16-6-5-7-18(14-16)31-4-2)22(28)23(29)26(20)24-25-12-13-32-24/h5-14,20,27H,3-4H2,1-2H3. The monoisotopic (exact) mass is 450 g/mol. The number of aliphatic hydroxyl groups is 1. The zero-order chi connectivity index (χ0) is 22.7. The fourth-order valence-corrected chi connectivity index (χ4v) is 4.32. The second kappa shape index (κ2) is 9.23. The lowest BCUT2D eigenvalue weighted by atomic mass is 9.95. The quantitative estimate of drug-likeness (QED) is 0.322. The SMILES string of the molecule is CCOc1ccc(C2C(=C(O)c3cccc(OCC)c3)C(=O)C(=O)N2c2nccs2)cc1. The molecule has 0 saturated carbocycles. The first kappa shape index (κ1) is 21.6. The number of aliphatic hydroxyl groups excluding tert-OH is 1. The largest absolute Gasteiger partial charge is 0.507 e. The van der Waals surface area contributed by atoms with Gasteiger partial charge in [-0.3, -0.25) is 14.5 Å². The number of benzene rings is 2. The van der Waals surface area contributed by atoms with Crippen molar-refractivity contribution in [2.24, 2.45) is 0 Å². The molecule has 8 heteroatoms. The highest BCUT2D eigenvalue weighted by Crippen LogP contribution is 2.43. The second-order valence-electron chi connectivity index (χ2n) is 6.95. The highest BCUT2D eigenvalue weighted by Gasteiger charge is 2.48. The number of nitrogens with zero attached hydrogens (tertiary/aromatic N) is 2. The van der Waals surface area contributed by atoms with Gasteiger partial charge in [0.05, 0.1) is 24.8 Å². The molecule has 1 atom stereocenters. The summed E-state index contributed by atoms with van der Waals surface area (Å²) in [6, 6.07) is 13.1. The molecule has 1 aromatic heterocycles. The fourth-order valence-electron chi connectivity index (χ4n) is 3.65. The van der Waals surface area contributed by atoms with Crippen LogP contribution in [0.3, 0.4) is 0 Å². The molecule has 0 radical (unpaired) electrons. The van der Waals surface area contributed by atoms with Crippen LogP contribution in [-0.2, 0) is 9.59 Å². The molecule has 2 heterocycles. The van der Waals surface area contributed by atoms with E-state index in [1.807, 2.05) is 13.8 Å². The van der Waals surface area contributed by atoms with E-state index in [2.05, 4.69) is 4.98 Å². The number of ether oxygens (including phenoxy) is 2. The average Bonchev–Trinajstić information content (AvgIpc) is 3.41. The molecule has 0 spiro atoms. The topological polar surface area (TPSA) is 89.0 Å². The molecule has 1 amide bonds. The van der Waals surface area contributed by atoms with Crippen molar-refractivity contribution in [1.29, 1.82) is 0 Å². The van der Waals surface area contributed by atoms with Crippen LogP contribution in [0.15, 0.2) is 65.7 Å². The van der Waals surface area contributed by atoms with Crippen LogP contribution in [0.4, 0.5) is 5.13 Å². The zero-order valence-electron chi connectivity index (χ0n) is 17.6. The maximum atomic E-state index is 13.1. The van der Waals surface area contributed by atoms with Gasteiger partial charge in [-0.1, -0.05) is 24.3 Å². The number of amides is 1. The van der Waals surface area contributed by atoms with Gasteiger partial charge in [0.2, 0.25) is 0 Å². The number of thiazole rings is 1.